The van der Waals surface area contributed by atoms with Crippen LogP contribution in [0.5, 0.6) is 0 Å². The van der Waals surface area contributed by atoms with Gasteiger partial charge >= 0.3 is 0 Å². The van der Waals surface area contributed by atoms with Crippen LogP contribution < -0.4 is 5.32 Å². The van der Waals surface area contributed by atoms with E-state index in [1.165, 1.54) is 0 Å². The molecule has 2 aliphatic heterocycles. The summed E-state index contributed by atoms with van der Waals surface area (Å²) in [6.45, 7) is 8.42. The van der Waals surface area contributed by atoms with E-state index in [2.05, 4.69) is 12.2 Å². The number of ether oxygens (including phenoxy) is 1. The number of hydrogen-bond donors (Lipinski definition) is 1. The van der Waals surface area contributed by atoms with Crippen LogP contribution in [0, 0.1) is 5.92 Å². The summed E-state index contributed by atoms with van der Waals surface area (Å²) in [6, 6.07) is -0.787. The Balaban J connectivity index is 2.07. The second-order valence-electron chi connectivity index (χ2n) is 6.18. The maximum atomic E-state index is 12.6. The summed E-state index contributed by atoms with van der Waals surface area (Å²) in [5.74, 6) is 0.139. The van der Waals surface area contributed by atoms with E-state index >= 15 is 0 Å². The molecule has 2 saturated heterocycles. The van der Waals surface area contributed by atoms with Crippen molar-refractivity contribution in [3.05, 3.63) is 0 Å². The molecule has 5 heteroatoms. The molecular formula is C15H26N2O3. The minimum absolute atomic E-state index is 0.0367. The van der Waals surface area contributed by atoms with Crippen LogP contribution in [-0.2, 0) is 14.3 Å². The van der Waals surface area contributed by atoms with Crippen LogP contribution in [0.1, 0.15) is 47.0 Å². The average Bonchev–Trinajstić information content (AvgIpc) is 2.83. The van der Waals surface area contributed by atoms with Gasteiger partial charge in [0.15, 0.2) is 0 Å². The van der Waals surface area contributed by atoms with Gasteiger partial charge in [-0.15, -0.1) is 0 Å². The van der Waals surface area contributed by atoms with Crippen molar-refractivity contribution >= 4 is 11.8 Å². The van der Waals surface area contributed by atoms with E-state index in [0.29, 0.717) is 6.54 Å². The van der Waals surface area contributed by atoms with Crippen LogP contribution in [0.4, 0.5) is 0 Å². The van der Waals surface area contributed by atoms with Crippen LogP contribution in [0.25, 0.3) is 0 Å². The van der Waals surface area contributed by atoms with Crippen LogP contribution >= 0.6 is 0 Å². The normalized spacial score (nSPS) is 36.1. The summed E-state index contributed by atoms with van der Waals surface area (Å²) < 4.78 is 5.79. The Labute approximate surface area is 121 Å². The molecule has 20 heavy (non-hydrogen) atoms. The fraction of sp³-hybridized carbons (Fsp3) is 0.867. The van der Waals surface area contributed by atoms with Crippen molar-refractivity contribution in [2.24, 2.45) is 5.92 Å². The van der Waals surface area contributed by atoms with Gasteiger partial charge < -0.3 is 15.0 Å². The standard InChI is InChI=1S/C15H26N2O3/c1-5-9(2)13-15(19)17(11(4)14(18)16-13)8-12-7-6-10(3)20-12/h9-13H,5-8H2,1-4H3,(H,16,18). The van der Waals surface area contributed by atoms with Gasteiger partial charge in [-0.3, -0.25) is 9.59 Å². The van der Waals surface area contributed by atoms with Crippen molar-refractivity contribution in [2.75, 3.05) is 6.54 Å². The van der Waals surface area contributed by atoms with Gasteiger partial charge in [0, 0.05) is 6.54 Å². The zero-order chi connectivity index (χ0) is 14.9. The van der Waals surface area contributed by atoms with E-state index in [9.17, 15) is 9.59 Å². The Morgan fingerprint density at radius 2 is 2.05 bits per heavy atom. The topological polar surface area (TPSA) is 58.6 Å². The molecular weight excluding hydrogens is 256 g/mol. The molecule has 0 bridgehead atoms. The predicted octanol–water partition coefficient (Wildman–Crippen LogP) is 1.32. The second kappa shape index (κ2) is 6.12. The maximum absolute atomic E-state index is 12.6. The van der Waals surface area contributed by atoms with E-state index in [1.54, 1.807) is 11.8 Å². The van der Waals surface area contributed by atoms with Gasteiger partial charge in [-0.05, 0) is 32.6 Å². The lowest BCUT2D eigenvalue weighted by molar-refractivity contribution is -0.152. The lowest BCUT2D eigenvalue weighted by atomic mass is 9.94. The average molecular weight is 282 g/mol. The third kappa shape index (κ3) is 2.97. The zero-order valence-corrected chi connectivity index (χ0v) is 12.9. The van der Waals surface area contributed by atoms with Crippen LogP contribution in [0.15, 0.2) is 0 Å². The zero-order valence-electron chi connectivity index (χ0n) is 12.9. The molecule has 2 aliphatic rings. The fourth-order valence-electron chi connectivity index (χ4n) is 2.96. The molecule has 0 aliphatic carbocycles. The first-order valence-corrected chi connectivity index (χ1v) is 7.70. The van der Waals surface area contributed by atoms with Gasteiger partial charge in [0.05, 0.1) is 12.2 Å². The molecule has 0 saturated carbocycles. The Hall–Kier alpha value is -1.10. The lowest BCUT2D eigenvalue weighted by Crippen LogP contribution is -2.65. The van der Waals surface area contributed by atoms with Crippen molar-refractivity contribution < 1.29 is 14.3 Å². The van der Waals surface area contributed by atoms with Crippen molar-refractivity contribution in [2.45, 2.75) is 71.2 Å². The number of carbonyl (C=O) groups excluding carboxylic acids is 2. The first-order valence-electron chi connectivity index (χ1n) is 7.70. The Bertz CT molecular complexity index is 385. The SMILES string of the molecule is CCC(C)C1NC(=O)C(C)N(CC2CCC(C)O2)C1=O. The number of rotatable bonds is 4. The highest BCUT2D eigenvalue weighted by molar-refractivity contribution is 5.96. The van der Waals surface area contributed by atoms with Crippen molar-refractivity contribution in [3.8, 4) is 0 Å². The minimum Gasteiger partial charge on any atom is -0.373 e. The second-order valence-corrected chi connectivity index (χ2v) is 6.18. The molecule has 0 spiro atoms. The largest absolute Gasteiger partial charge is 0.373 e. The molecule has 0 aromatic heterocycles. The number of amides is 2. The summed E-state index contributed by atoms with van der Waals surface area (Å²) in [6.07, 6.45) is 3.19. The van der Waals surface area contributed by atoms with Gasteiger partial charge in [-0.2, -0.15) is 0 Å². The summed E-state index contributed by atoms with van der Waals surface area (Å²) in [7, 11) is 0. The van der Waals surface area contributed by atoms with Crippen molar-refractivity contribution in [1.82, 2.24) is 10.2 Å². The monoisotopic (exact) mass is 282 g/mol. The van der Waals surface area contributed by atoms with Gasteiger partial charge in [0.1, 0.15) is 12.1 Å². The molecule has 0 aromatic carbocycles. The highest BCUT2D eigenvalue weighted by Gasteiger charge is 2.41. The van der Waals surface area contributed by atoms with Gasteiger partial charge in [-0.25, -0.2) is 0 Å². The van der Waals surface area contributed by atoms with Crippen LogP contribution in [-0.4, -0.2) is 47.6 Å². The molecule has 2 amide bonds. The third-order valence-electron chi connectivity index (χ3n) is 4.63. The molecule has 2 fully saturated rings. The predicted molar refractivity (Wildman–Crippen MR) is 76.1 cm³/mol. The van der Waals surface area contributed by atoms with E-state index in [0.717, 1.165) is 19.3 Å². The Morgan fingerprint density at radius 1 is 1.35 bits per heavy atom. The van der Waals surface area contributed by atoms with E-state index in [-0.39, 0.29) is 36.0 Å². The number of carbonyl (C=O) groups is 2. The Kier molecular flexibility index (Phi) is 4.68. The molecule has 114 valence electrons. The van der Waals surface area contributed by atoms with Gasteiger partial charge in [-0.1, -0.05) is 20.3 Å². The molecule has 2 rings (SSSR count). The first-order chi connectivity index (χ1) is 9.43. The van der Waals surface area contributed by atoms with Crippen molar-refractivity contribution in [1.29, 1.82) is 0 Å². The van der Waals surface area contributed by atoms with E-state index < -0.39 is 6.04 Å². The summed E-state index contributed by atoms with van der Waals surface area (Å²) in [5, 5.41) is 2.86. The quantitative estimate of drug-likeness (QED) is 0.846. The smallest absolute Gasteiger partial charge is 0.246 e. The Morgan fingerprint density at radius 3 is 2.60 bits per heavy atom. The molecule has 5 nitrogen and oxygen atoms in total. The highest BCUT2D eigenvalue weighted by atomic mass is 16.5. The number of piperazine rings is 1. The lowest BCUT2D eigenvalue weighted by Gasteiger charge is -2.40. The summed E-state index contributed by atoms with van der Waals surface area (Å²) in [5.41, 5.74) is 0. The number of nitrogens with zero attached hydrogens (tertiary/aromatic N) is 1. The number of hydrogen-bond acceptors (Lipinski definition) is 3. The minimum atomic E-state index is -0.401. The highest BCUT2D eigenvalue weighted by Crippen LogP contribution is 2.23. The first kappa shape index (κ1) is 15.3. The molecule has 2 heterocycles. The van der Waals surface area contributed by atoms with Gasteiger partial charge in [0.25, 0.3) is 0 Å². The van der Waals surface area contributed by atoms with Crippen LogP contribution in [0.3, 0.4) is 0 Å². The molecule has 0 aromatic rings. The maximum Gasteiger partial charge on any atom is 0.246 e. The summed E-state index contributed by atoms with van der Waals surface area (Å²) in [4.78, 5) is 26.4. The van der Waals surface area contributed by atoms with E-state index in [4.69, 9.17) is 4.74 Å². The van der Waals surface area contributed by atoms with E-state index in [1.807, 2.05) is 13.8 Å². The number of nitrogens with one attached hydrogen (secondary N) is 1. The molecule has 5 atom stereocenters. The van der Waals surface area contributed by atoms with Crippen LogP contribution in [0.2, 0.25) is 0 Å². The molecule has 1 N–H and O–H groups in total. The van der Waals surface area contributed by atoms with Gasteiger partial charge in [0.2, 0.25) is 11.8 Å². The summed E-state index contributed by atoms with van der Waals surface area (Å²) >= 11 is 0. The molecule has 5 unspecified atom stereocenters. The van der Waals surface area contributed by atoms with Crippen molar-refractivity contribution in [3.63, 3.8) is 0 Å². The fourth-order valence-corrected chi connectivity index (χ4v) is 2.96. The third-order valence-corrected chi connectivity index (χ3v) is 4.63. The molecule has 0 radical (unpaired) electrons.